The zero-order valence-electron chi connectivity index (χ0n) is 18.6. The molecule has 4 heteroatoms. The normalized spacial score (nSPS) is 20.0. The van der Waals surface area contributed by atoms with Crippen LogP contribution in [0.15, 0.2) is 102 Å². The molecule has 5 rings (SSSR count). The molecule has 164 valence electrons. The highest BCUT2D eigenvalue weighted by Crippen LogP contribution is 2.47. The molecule has 1 atom stereocenters. The maximum atomic E-state index is 13.4. The summed E-state index contributed by atoms with van der Waals surface area (Å²) in [6, 6.07) is 27.0. The molecule has 0 aromatic heterocycles. The van der Waals surface area contributed by atoms with Crippen molar-refractivity contribution in [2.24, 2.45) is 0 Å². The van der Waals surface area contributed by atoms with E-state index in [0.29, 0.717) is 23.1 Å². The molecule has 0 saturated heterocycles. The van der Waals surface area contributed by atoms with E-state index < -0.39 is 5.92 Å². The number of ketones is 1. The van der Waals surface area contributed by atoms with E-state index in [1.165, 1.54) is 0 Å². The molecular formula is C29H26N2O2. The number of rotatable bonds is 3. The lowest BCUT2D eigenvalue weighted by atomic mass is 9.73. The Balaban J connectivity index is 1.83. The number of anilines is 1. The van der Waals surface area contributed by atoms with E-state index in [1.807, 2.05) is 96.8 Å². The molecule has 0 radical (unpaired) electrons. The Morgan fingerprint density at radius 1 is 0.909 bits per heavy atom. The number of nitrogens with one attached hydrogen (secondary N) is 1. The quantitative estimate of drug-likeness (QED) is 0.459. The van der Waals surface area contributed by atoms with Crippen molar-refractivity contribution < 1.29 is 9.90 Å². The minimum Gasteiger partial charge on any atom is -0.507 e. The number of Topliss-reactive ketones (excluding diaryl/α,β-unsaturated/α-hetero) is 1. The minimum atomic E-state index is -0.485. The van der Waals surface area contributed by atoms with Gasteiger partial charge in [0.1, 0.15) is 11.6 Å². The van der Waals surface area contributed by atoms with Gasteiger partial charge >= 0.3 is 0 Å². The lowest BCUT2D eigenvalue weighted by Crippen LogP contribution is -2.42. The first kappa shape index (κ1) is 21.0. The Morgan fingerprint density at radius 2 is 1.55 bits per heavy atom. The van der Waals surface area contributed by atoms with Gasteiger partial charge in [-0.3, -0.25) is 15.1 Å². The van der Waals surface area contributed by atoms with E-state index in [-0.39, 0.29) is 17.4 Å². The summed E-state index contributed by atoms with van der Waals surface area (Å²) in [5.74, 6) is -0.145. The Morgan fingerprint density at radius 3 is 2.21 bits per heavy atom. The van der Waals surface area contributed by atoms with Gasteiger partial charge in [-0.1, -0.05) is 78.4 Å². The lowest BCUT2D eigenvalue weighted by Gasteiger charge is -2.41. The highest BCUT2D eigenvalue weighted by Gasteiger charge is 2.43. The maximum absolute atomic E-state index is 13.4. The Labute approximate surface area is 194 Å². The van der Waals surface area contributed by atoms with Crippen LogP contribution in [0.2, 0.25) is 0 Å². The number of para-hydroxylation sites is 1. The second kappa shape index (κ2) is 8.55. The van der Waals surface area contributed by atoms with Crippen molar-refractivity contribution in [2.45, 2.75) is 32.1 Å². The van der Waals surface area contributed by atoms with Gasteiger partial charge in [0.05, 0.1) is 0 Å². The minimum absolute atomic E-state index is 0.0389. The number of amidine groups is 1. The van der Waals surface area contributed by atoms with Crippen molar-refractivity contribution in [2.75, 3.05) is 4.90 Å². The predicted octanol–water partition coefficient (Wildman–Crippen LogP) is 6.55. The van der Waals surface area contributed by atoms with E-state index in [9.17, 15) is 15.3 Å². The van der Waals surface area contributed by atoms with Crippen LogP contribution in [0.3, 0.4) is 0 Å². The van der Waals surface area contributed by atoms with Crippen molar-refractivity contribution in [1.82, 2.24) is 0 Å². The molecule has 4 nitrogen and oxygen atoms in total. The fourth-order valence-electron chi connectivity index (χ4n) is 4.90. The number of benzene rings is 3. The van der Waals surface area contributed by atoms with Crippen LogP contribution < -0.4 is 4.90 Å². The van der Waals surface area contributed by atoms with Gasteiger partial charge in [0, 0.05) is 40.4 Å². The third-order valence-electron chi connectivity index (χ3n) is 6.48. The van der Waals surface area contributed by atoms with Crippen LogP contribution in [-0.2, 0) is 4.79 Å². The summed E-state index contributed by atoms with van der Waals surface area (Å²) in [5, 5.41) is 20.8. The number of aliphatic hydroxyl groups excluding tert-OH is 1. The molecule has 0 fully saturated rings. The van der Waals surface area contributed by atoms with E-state index in [4.69, 9.17) is 0 Å². The van der Waals surface area contributed by atoms with E-state index in [0.717, 1.165) is 35.4 Å². The standard InChI is InChI=1S/C29H26N2O2/c1-19-15-17-20(18-16-19)25-26-23(13-8-14-24(26)32)31(22-11-6-3-7-12-22)29(30)27(25)28(33)21-9-4-2-5-10-21/h2-7,9-12,15-18,25,30,33H,8,13-14H2,1H3/t25-/m0/s1. The van der Waals surface area contributed by atoms with Crippen LogP contribution in [0.25, 0.3) is 5.76 Å². The third-order valence-corrected chi connectivity index (χ3v) is 6.48. The number of allylic oxidation sites excluding steroid dienone is 2. The topological polar surface area (TPSA) is 64.4 Å². The molecule has 3 aromatic rings. The first-order chi connectivity index (χ1) is 16.1. The summed E-state index contributed by atoms with van der Waals surface area (Å²) in [5.41, 5.74) is 5.53. The Hall–Kier alpha value is -3.92. The predicted molar refractivity (Wildman–Crippen MR) is 132 cm³/mol. The van der Waals surface area contributed by atoms with Crippen molar-refractivity contribution in [1.29, 1.82) is 5.41 Å². The smallest absolute Gasteiger partial charge is 0.161 e. The van der Waals surface area contributed by atoms with Gasteiger partial charge in [0.25, 0.3) is 0 Å². The average molecular weight is 435 g/mol. The monoisotopic (exact) mass is 434 g/mol. The Kier molecular flexibility index (Phi) is 5.43. The van der Waals surface area contributed by atoms with Crippen molar-refractivity contribution in [3.63, 3.8) is 0 Å². The van der Waals surface area contributed by atoms with Crippen LogP contribution in [0, 0.1) is 12.3 Å². The number of nitrogens with zero attached hydrogens (tertiary/aromatic N) is 1. The van der Waals surface area contributed by atoms with Crippen LogP contribution in [0.4, 0.5) is 5.69 Å². The third kappa shape index (κ3) is 3.68. The van der Waals surface area contributed by atoms with Gasteiger partial charge in [-0.15, -0.1) is 0 Å². The molecule has 1 aliphatic heterocycles. The SMILES string of the molecule is Cc1ccc([C@@H]2C(=C(O)c3ccccc3)C(=N)N(c3ccccc3)C3=C2C(=O)CCC3)cc1. The molecule has 1 aliphatic carbocycles. The highest BCUT2D eigenvalue weighted by atomic mass is 16.3. The number of carbonyl (C=O) groups is 1. The molecule has 0 bridgehead atoms. The molecule has 2 N–H and O–H groups in total. The number of hydrogen-bond acceptors (Lipinski definition) is 3. The van der Waals surface area contributed by atoms with Crippen molar-refractivity contribution in [3.05, 3.63) is 118 Å². The zero-order valence-corrected chi connectivity index (χ0v) is 18.6. The largest absolute Gasteiger partial charge is 0.507 e. The number of aliphatic hydroxyl groups is 1. The fourth-order valence-corrected chi connectivity index (χ4v) is 4.90. The van der Waals surface area contributed by atoms with Gasteiger partial charge < -0.3 is 5.11 Å². The molecule has 3 aromatic carbocycles. The van der Waals surface area contributed by atoms with E-state index >= 15 is 0 Å². The van der Waals surface area contributed by atoms with E-state index in [1.54, 1.807) is 0 Å². The first-order valence-corrected chi connectivity index (χ1v) is 11.3. The summed E-state index contributed by atoms with van der Waals surface area (Å²) < 4.78 is 0. The van der Waals surface area contributed by atoms with Gasteiger partial charge in [0.15, 0.2) is 5.78 Å². The van der Waals surface area contributed by atoms with Crippen molar-refractivity contribution in [3.8, 4) is 0 Å². The molecular weight excluding hydrogens is 408 g/mol. The van der Waals surface area contributed by atoms with Gasteiger partial charge in [-0.2, -0.15) is 0 Å². The number of carbonyl (C=O) groups excluding carboxylic acids is 1. The fraction of sp³-hybridized carbons (Fsp3) is 0.172. The molecule has 33 heavy (non-hydrogen) atoms. The molecule has 0 spiro atoms. The zero-order chi connectivity index (χ0) is 22.9. The summed E-state index contributed by atoms with van der Waals surface area (Å²) in [4.78, 5) is 15.3. The highest BCUT2D eigenvalue weighted by molar-refractivity contribution is 6.19. The first-order valence-electron chi connectivity index (χ1n) is 11.3. The second-order valence-electron chi connectivity index (χ2n) is 8.63. The van der Waals surface area contributed by atoms with Gasteiger partial charge in [-0.25, -0.2) is 0 Å². The van der Waals surface area contributed by atoms with Crippen LogP contribution in [0.5, 0.6) is 0 Å². The molecule has 2 aliphatic rings. The molecule has 0 amide bonds. The van der Waals surface area contributed by atoms with Crippen LogP contribution in [0.1, 0.15) is 41.9 Å². The molecule has 0 saturated carbocycles. The van der Waals surface area contributed by atoms with Gasteiger partial charge in [-0.05, 0) is 37.5 Å². The van der Waals surface area contributed by atoms with Crippen molar-refractivity contribution >= 4 is 23.1 Å². The molecule has 0 unspecified atom stereocenters. The van der Waals surface area contributed by atoms with Gasteiger partial charge in [0.2, 0.25) is 0 Å². The number of aryl methyl sites for hydroxylation is 1. The number of hydrogen-bond donors (Lipinski definition) is 2. The average Bonchev–Trinajstić information content (AvgIpc) is 2.85. The second-order valence-corrected chi connectivity index (χ2v) is 8.63. The lowest BCUT2D eigenvalue weighted by molar-refractivity contribution is -0.116. The Bertz CT molecular complexity index is 1270. The van der Waals surface area contributed by atoms with Crippen LogP contribution in [-0.4, -0.2) is 16.7 Å². The molecule has 1 heterocycles. The summed E-state index contributed by atoms with van der Waals surface area (Å²) >= 11 is 0. The summed E-state index contributed by atoms with van der Waals surface area (Å²) in [6.07, 6.45) is 1.97. The summed E-state index contributed by atoms with van der Waals surface area (Å²) in [6.45, 7) is 2.03. The maximum Gasteiger partial charge on any atom is 0.161 e. The summed E-state index contributed by atoms with van der Waals surface area (Å²) in [7, 11) is 0. The van der Waals surface area contributed by atoms with E-state index in [2.05, 4.69) is 0 Å². The van der Waals surface area contributed by atoms with Crippen LogP contribution >= 0.6 is 0 Å².